The van der Waals surface area contributed by atoms with E-state index < -0.39 is 5.60 Å². The molecule has 1 saturated heterocycles. The maximum absolute atomic E-state index is 11.7. The van der Waals surface area contributed by atoms with Crippen molar-refractivity contribution in [2.75, 3.05) is 6.54 Å². The molecule has 4 nitrogen and oxygen atoms in total. The highest BCUT2D eigenvalue weighted by atomic mass is 16.6. The summed E-state index contributed by atoms with van der Waals surface area (Å²) in [5.74, 6) is 0. The van der Waals surface area contributed by atoms with E-state index in [4.69, 9.17) is 4.74 Å². The highest BCUT2D eigenvalue weighted by Gasteiger charge is 2.60. The third kappa shape index (κ3) is 2.03. The minimum Gasteiger partial charge on any atom is -0.444 e. The maximum Gasteiger partial charge on any atom is 0.408 e. The van der Waals surface area contributed by atoms with Crippen LogP contribution in [0.5, 0.6) is 0 Å². The summed E-state index contributed by atoms with van der Waals surface area (Å²) in [6.07, 6.45) is 2.94. The first-order chi connectivity index (χ1) is 7.27. The summed E-state index contributed by atoms with van der Waals surface area (Å²) in [4.78, 5) is 11.7. The molecule has 2 aliphatic rings. The van der Waals surface area contributed by atoms with E-state index in [9.17, 15) is 4.79 Å². The van der Waals surface area contributed by atoms with Gasteiger partial charge < -0.3 is 15.4 Å². The maximum atomic E-state index is 11.7. The number of alkyl carbamates (subject to hydrolysis) is 1. The number of carbonyl (C=O) groups is 1. The number of amides is 1. The Kier molecular flexibility index (Phi) is 2.46. The number of nitrogens with one attached hydrogen (secondary N) is 2. The van der Waals surface area contributed by atoms with E-state index in [1.165, 1.54) is 0 Å². The molecule has 1 aliphatic carbocycles. The first-order valence-corrected chi connectivity index (χ1v) is 6.03. The normalized spacial score (nSPS) is 31.5. The van der Waals surface area contributed by atoms with Crippen LogP contribution in [-0.4, -0.2) is 29.3 Å². The summed E-state index contributed by atoms with van der Waals surface area (Å²) in [7, 11) is 0. The molecule has 0 aromatic carbocycles. The lowest BCUT2D eigenvalue weighted by molar-refractivity contribution is 0.0412. The van der Waals surface area contributed by atoms with Crippen molar-refractivity contribution >= 4 is 6.09 Å². The zero-order chi connectivity index (χ0) is 12.0. The number of ether oxygens (including phenoxy) is 1. The van der Waals surface area contributed by atoms with Crippen LogP contribution in [0.3, 0.4) is 0 Å². The third-order valence-corrected chi connectivity index (χ3v) is 3.69. The lowest BCUT2D eigenvalue weighted by Crippen LogP contribution is -2.68. The second-order valence-corrected chi connectivity index (χ2v) is 6.22. The van der Waals surface area contributed by atoms with Crippen molar-refractivity contribution in [2.45, 2.75) is 63.6 Å². The Morgan fingerprint density at radius 3 is 2.19 bits per heavy atom. The first-order valence-electron chi connectivity index (χ1n) is 6.03. The molecule has 1 atom stereocenters. The van der Waals surface area contributed by atoms with Crippen molar-refractivity contribution in [2.24, 2.45) is 0 Å². The van der Waals surface area contributed by atoms with E-state index in [1.54, 1.807) is 0 Å². The van der Waals surface area contributed by atoms with Gasteiger partial charge in [0.2, 0.25) is 0 Å². The fraction of sp³-hybridized carbons (Fsp3) is 0.917. The van der Waals surface area contributed by atoms with E-state index in [0.717, 1.165) is 25.8 Å². The van der Waals surface area contributed by atoms with E-state index in [0.29, 0.717) is 0 Å². The van der Waals surface area contributed by atoms with E-state index in [2.05, 4.69) is 17.6 Å². The predicted octanol–water partition coefficient (Wildman–Crippen LogP) is 1.80. The van der Waals surface area contributed by atoms with Gasteiger partial charge in [-0.1, -0.05) is 0 Å². The van der Waals surface area contributed by atoms with Crippen molar-refractivity contribution < 1.29 is 9.53 Å². The predicted molar refractivity (Wildman–Crippen MR) is 62.4 cm³/mol. The van der Waals surface area contributed by atoms with E-state index >= 15 is 0 Å². The van der Waals surface area contributed by atoms with Crippen LogP contribution in [0.1, 0.15) is 47.0 Å². The molecule has 1 saturated carbocycles. The molecule has 0 aromatic heterocycles. The minimum atomic E-state index is -0.423. The Hall–Kier alpha value is -0.770. The lowest BCUT2D eigenvalue weighted by Gasteiger charge is -2.47. The van der Waals surface area contributed by atoms with Gasteiger partial charge in [0, 0.05) is 5.54 Å². The molecule has 2 N–H and O–H groups in total. The largest absolute Gasteiger partial charge is 0.444 e. The summed E-state index contributed by atoms with van der Waals surface area (Å²) in [5, 5.41) is 6.47. The molecular weight excluding hydrogens is 204 g/mol. The van der Waals surface area contributed by atoms with Crippen molar-refractivity contribution in [3.8, 4) is 0 Å². The van der Waals surface area contributed by atoms with E-state index in [-0.39, 0.29) is 17.2 Å². The topological polar surface area (TPSA) is 50.4 Å². The average molecular weight is 226 g/mol. The van der Waals surface area contributed by atoms with Gasteiger partial charge in [0.25, 0.3) is 0 Å². The Morgan fingerprint density at radius 1 is 1.31 bits per heavy atom. The summed E-state index contributed by atoms with van der Waals surface area (Å²) < 4.78 is 5.30. The Bertz CT molecular complexity index is 299. The highest BCUT2D eigenvalue weighted by Crippen LogP contribution is 2.48. The highest BCUT2D eigenvalue weighted by molar-refractivity contribution is 5.70. The van der Waals surface area contributed by atoms with Gasteiger partial charge in [-0.3, -0.25) is 0 Å². The second kappa shape index (κ2) is 3.36. The van der Waals surface area contributed by atoms with Gasteiger partial charge in [0.15, 0.2) is 0 Å². The fourth-order valence-corrected chi connectivity index (χ4v) is 2.35. The van der Waals surface area contributed by atoms with Gasteiger partial charge in [-0.05, 0) is 53.5 Å². The molecule has 1 heterocycles. The summed E-state index contributed by atoms with van der Waals surface area (Å²) >= 11 is 0. The van der Waals surface area contributed by atoms with Crippen LogP contribution >= 0.6 is 0 Å². The van der Waals surface area contributed by atoms with Gasteiger partial charge >= 0.3 is 6.09 Å². The second-order valence-electron chi connectivity index (χ2n) is 6.22. The molecule has 1 aliphatic heterocycles. The van der Waals surface area contributed by atoms with Gasteiger partial charge in [0.05, 0.1) is 5.54 Å². The van der Waals surface area contributed by atoms with E-state index in [1.807, 2.05) is 20.8 Å². The standard InChI is InChI=1S/C12H22N2O2/c1-10(2,3)16-9(15)14-12(5-6-12)11(4)7-8-13-11/h13H,5-8H2,1-4H3,(H,14,15). The van der Waals surface area contributed by atoms with Gasteiger partial charge in [-0.25, -0.2) is 4.79 Å². The molecule has 2 fully saturated rings. The van der Waals surface area contributed by atoms with Crippen LogP contribution in [0.2, 0.25) is 0 Å². The van der Waals surface area contributed by atoms with Crippen LogP contribution in [0.25, 0.3) is 0 Å². The summed E-state index contributed by atoms with van der Waals surface area (Å²) in [6, 6.07) is 0. The van der Waals surface area contributed by atoms with Crippen molar-refractivity contribution in [3.05, 3.63) is 0 Å². The van der Waals surface area contributed by atoms with Gasteiger partial charge in [-0.2, -0.15) is 0 Å². The molecule has 0 radical (unpaired) electrons. The smallest absolute Gasteiger partial charge is 0.408 e. The molecule has 1 amide bonds. The molecule has 0 spiro atoms. The lowest BCUT2D eigenvalue weighted by atomic mass is 9.80. The first kappa shape index (κ1) is 11.7. The molecule has 4 heteroatoms. The van der Waals surface area contributed by atoms with Crippen LogP contribution in [-0.2, 0) is 4.74 Å². The molecule has 2 rings (SSSR count). The minimum absolute atomic E-state index is 0.0619. The third-order valence-electron chi connectivity index (χ3n) is 3.69. The van der Waals surface area contributed by atoms with Crippen LogP contribution in [0, 0.1) is 0 Å². The van der Waals surface area contributed by atoms with Crippen molar-refractivity contribution in [1.29, 1.82) is 0 Å². The van der Waals surface area contributed by atoms with Crippen LogP contribution in [0.15, 0.2) is 0 Å². The number of carbonyl (C=O) groups excluding carboxylic acids is 1. The average Bonchev–Trinajstić information content (AvgIpc) is 2.77. The molecule has 92 valence electrons. The molecule has 1 unspecified atom stereocenters. The SMILES string of the molecule is CC(C)(C)OC(=O)NC1(C2(C)CCN2)CC1. The number of rotatable bonds is 2. The van der Waals surface area contributed by atoms with Gasteiger partial charge in [-0.15, -0.1) is 0 Å². The fourth-order valence-electron chi connectivity index (χ4n) is 2.35. The Labute approximate surface area is 97.1 Å². The zero-order valence-electron chi connectivity index (χ0n) is 10.6. The molecular formula is C12H22N2O2. The Balaban J connectivity index is 1.92. The molecule has 16 heavy (non-hydrogen) atoms. The molecule has 0 bridgehead atoms. The van der Waals surface area contributed by atoms with Gasteiger partial charge in [0.1, 0.15) is 5.60 Å². The van der Waals surface area contributed by atoms with Crippen LogP contribution < -0.4 is 10.6 Å². The zero-order valence-corrected chi connectivity index (χ0v) is 10.6. The summed E-state index contributed by atoms with van der Waals surface area (Å²) in [6.45, 7) is 8.88. The summed E-state index contributed by atoms with van der Waals surface area (Å²) in [5.41, 5.74) is -0.411. The number of hydrogen-bond donors (Lipinski definition) is 2. The monoisotopic (exact) mass is 226 g/mol. The molecule has 0 aromatic rings. The Morgan fingerprint density at radius 2 is 1.88 bits per heavy atom. The quantitative estimate of drug-likeness (QED) is 0.755. The van der Waals surface area contributed by atoms with Crippen molar-refractivity contribution in [3.63, 3.8) is 0 Å². The van der Waals surface area contributed by atoms with Crippen LogP contribution in [0.4, 0.5) is 4.79 Å². The van der Waals surface area contributed by atoms with Crippen molar-refractivity contribution in [1.82, 2.24) is 10.6 Å². The number of hydrogen-bond acceptors (Lipinski definition) is 3.